The maximum atomic E-state index is 6.05. The van der Waals surface area contributed by atoms with Gasteiger partial charge in [0.2, 0.25) is 0 Å². The molecule has 3 rings (SSSR count). The molecule has 1 N–H and O–H groups in total. The summed E-state index contributed by atoms with van der Waals surface area (Å²) in [6.07, 6.45) is 6.81. The predicted molar refractivity (Wildman–Crippen MR) is 60.0 cm³/mol. The van der Waals surface area contributed by atoms with E-state index in [-0.39, 0.29) is 5.60 Å². The van der Waals surface area contributed by atoms with Crippen LogP contribution in [0.15, 0.2) is 0 Å². The Bertz CT molecular complexity index is 216. The van der Waals surface area contributed by atoms with Crippen LogP contribution in [0.4, 0.5) is 0 Å². The Balaban J connectivity index is 1.63. The standard InChI is InChI=1S/C12H22N2O/c1-3-11(4-1)14-7-8-15-12(10-14)5-2-6-13-9-12/h11,13H,1-10H2/t12-/m1/s1. The van der Waals surface area contributed by atoms with Gasteiger partial charge in [-0.25, -0.2) is 0 Å². The molecule has 0 radical (unpaired) electrons. The van der Waals surface area contributed by atoms with Crippen LogP contribution in [0, 0.1) is 0 Å². The molecule has 0 aromatic rings. The molecule has 0 aromatic heterocycles. The molecular weight excluding hydrogens is 188 g/mol. The zero-order chi connectivity index (χ0) is 10.1. The van der Waals surface area contributed by atoms with Crippen LogP contribution in [0.3, 0.4) is 0 Å². The lowest BCUT2D eigenvalue weighted by atomic mass is 9.87. The van der Waals surface area contributed by atoms with Crippen LogP contribution >= 0.6 is 0 Å². The van der Waals surface area contributed by atoms with Gasteiger partial charge >= 0.3 is 0 Å². The largest absolute Gasteiger partial charge is 0.371 e. The van der Waals surface area contributed by atoms with Gasteiger partial charge in [-0.3, -0.25) is 4.90 Å². The van der Waals surface area contributed by atoms with Gasteiger partial charge in [0, 0.05) is 25.7 Å². The molecule has 0 bridgehead atoms. The Hall–Kier alpha value is -0.120. The molecule has 0 aromatic carbocycles. The van der Waals surface area contributed by atoms with E-state index in [2.05, 4.69) is 10.2 Å². The van der Waals surface area contributed by atoms with E-state index in [9.17, 15) is 0 Å². The van der Waals surface area contributed by atoms with Crippen molar-refractivity contribution in [2.75, 3.05) is 32.8 Å². The monoisotopic (exact) mass is 210 g/mol. The third-order valence-electron chi connectivity index (χ3n) is 4.30. The average molecular weight is 210 g/mol. The molecule has 2 heterocycles. The highest BCUT2D eigenvalue weighted by atomic mass is 16.5. The molecule has 3 aliphatic rings. The zero-order valence-electron chi connectivity index (χ0n) is 9.50. The normalized spacial score (nSPS) is 39.2. The van der Waals surface area contributed by atoms with Gasteiger partial charge in [0.1, 0.15) is 0 Å². The molecule has 0 unspecified atom stereocenters. The summed E-state index contributed by atoms with van der Waals surface area (Å²) < 4.78 is 6.05. The summed E-state index contributed by atoms with van der Waals surface area (Å²) in [6, 6.07) is 0.882. The summed E-state index contributed by atoms with van der Waals surface area (Å²) in [5.41, 5.74) is 0.159. The van der Waals surface area contributed by atoms with Crippen molar-refractivity contribution in [1.82, 2.24) is 10.2 Å². The number of nitrogens with zero attached hydrogens (tertiary/aromatic N) is 1. The molecule has 1 spiro atoms. The van der Waals surface area contributed by atoms with Gasteiger partial charge in [0.15, 0.2) is 0 Å². The third kappa shape index (κ3) is 1.93. The van der Waals surface area contributed by atoms with Gasteiger partial charge in [-0.15, -0.1) is 0 Å². The molecule has 1 aliphatic carbocycles. The number of morpholine rings is 1. The van der Waals surface area contributed by atoms with Crippen molar-refractivity contribution in [1.29, 1.82) is 0 Å². The molecule has 2 saturated heterocycles. The lowest BCUT2D eigenvalue weighted by Gasteiger charge is -2.49. The molecule has 1 atom stereocenters. The smallest absolute Gasteiger partial charge is 0.0933 e. The van der Waals surface area contributed by atoms with Crippen LogP contribution in [0.25, 0.3) is 0 Å². The van der Waals surface area contributed by atoms with Crippen LogP contribution in [0.1, 0.15) is 32.1 Å². The minimum Gasteiger partial charge on any atom is -0.371 e. The average Bonchev–Trinajstić information content (AvgIpc) is 2.16. The number of rotatable bonds is 1. The Morgan fingerprint density at radius 2 is 2.20 bits per heavy atom. The van der Waals surface area contributed by atoms with Crippen molar-refractivity contribution < 1.29 is 4.74 Å². The first-order valence-electron chi connectivity index (χ1n) is 6.47. The lowest BCUT2D eigenvalue weighted by molar-refractivity contribution is -0.134. The van der Waals surface area contributed by atoms with E-state index < -0.39 is 0 Å². The molecular formula is C12H22N2O. The highest BCUT2D eigenvalue weighted by Gasteiger charge is 2.40. The van der Waals surface area contributed by atoms with Crippen LogP contribution in [-0.2, 0) is 4.74 Å². The lowest BCUT2D eigenvalue weighted by Crippen LogP contribution is -2.61. The van der Waals surface area contributed by atoms with Gasteiger partial charge in [-0.2, -0.15) is 0 Å². The number of piperidine rings is 1. The molecule has 3 heteroatoms. The Morgan fingerprint density at radius 1 is 1.27 bits per heavy atom. The van der Waals surface area contributed by atoms with Gasteiger partial charge in [-0.05, 0) is 32.2 Å². The fourth-order valence-electron chi connectivity index (χ4n) is 3.14. The van der Waals surface area contributed by atoms with Crippen molar-refractivity contribution in [2.45, 2.75) is 43.7 Å². The molecule has 3 nitrogen and oxygen atoms in total. The summed E-state index contributed by atoms with van der Waals surface area (Å²) in [7, 11) is 0. The summed E-state index contributed by atoms with van der Waals surface area (Å²) in [6.45, 7) is 5.51. The van der Waals surface area contributed by atoms with E-state index in [1.165, 1.54) is 45.2 Å². The first kappa shape index (κ1) is 10.1. The molecule has 1 saturated carbocycles. The summed E-state index contributed by atoms with van der Waals surface area (Å²) in [4.78, 5) is 2.68. The SMILES string of the molecule is C1CC(N2CCO[C@@]3(CCCNC3)C2)C1. The van der Waals surface area contributed by atoms with Crippen molar-refractivity contribution in [3.63, 3.8) is 0 Å². The number of nitrogens with one attached hydrogen (secondary N) is 1. The minimum absolute atomic E-state index is 0.159. The molecule has 86 valence electrons. The van der Waals surface area contributed by atoms with E-state index >= 15 is 0 Å². The second kappa shape index (κ2) is 4.04. The first-order chi connectivity index (χ1) is 7.38. The summed E-state index contributed by atoms with van der Waals surface area (Å²) in [5.74, 6) is 0. The highest BCUT2D eigenvalue weighted by molar-refractivity contribution is 4.95. The Kier molecular flexibility index (Phi) is 2.71. The van der Waals surface area contributed by atoms with E-state index in [0.717, 1.165) is 25.7 Å². The van der Waals surface area contributed by atoms with E-state index in [0.29, 0.717) is 0 Å². The fraction of sp³-hybridized carbons (Fsp3) is 1.00. The van der Waals surface area contributed by atoms with Crippen molar-refractivity contribution in [3.8, 4) is 0 Å². The van der Waals surface area contributed by atoms with E-state index in [1.54, 1.807) is 0 Å². The van der Waals surface area contributed by atoms with Crippen LogP contribution < -0.4 is 5.32 Å². The van der Waals surface area contributed by atoms with Crippen LogP contribution in [-0.4, -0.2) is 49.3 Å². The second-order valence-corrected chi connectivity index (χ2v) is 5.37. The number of hydrogen-bond acceptors (Lipinski definition) is 3. The first-order valence-corrected chi connectivity index (χ1v) is 6.47. The summed E-state index contributed by atoms with van der Waals surface area (Å²) in [5, 5.41) is 3.49. The van der Waals surface area contributed by atoms with Gasteiger partial charge in [0.05, 0.1) is 12.2 Å². The van der Waals surface area contributed by atoms with Crippen LogP contribution in [0.2, 0.25) is 0 Å². The fourth-order valence-corrected chi connectivity index (χ4v) is 3.14. The van der Waals surface area contributed by atoms with Gasteiger partial charge in [0.25, 0.3) is 0 Å². The number of hydrogen-bond donors (Lipinski definition) is 1. The van der Waals surface area contributed by atoms with Crippen LogP contribution in [0.5, 0.6) is 0 Å². The highest BCUT2D eigenvalue weighted by Crippen LogP contribution is 2.31. The van der Waals surface area contributed by atoms with E-state index in [4.69, 9.17) is 4.74 Å². The number of ether oxygens (including phenoxy) is 1. The Morgan fingerprint density at radius 3 is 2.87 bits per heavy atom. The third-order valence-corrected chi connectivity index (χ3v) is 4.30. The zero-order valence-corrected chi connectivity index (χ0v) is 9.50. The maximum absolute atomic E-state index is 6.05. The molecule has 2 aliphatic heterocycles. The molecule has 3 fully saturated rings. The second-order valence-electron chi connectivity index (χ2n) is 5.37. The van der Waals surface area contributed by atoms with Crippen molar-refractivity contribution in [3.05, 3.63) is 0 Å². The maximum Gasteiger partial charge on any atom is 0.0933 e. The molecule has 0 amide bonds. The minimum atomic E-state index is 0.159. The van der Waals surface area contributed by atoms with E-state index in [1.807, 2.05) is 0 Å². The molecule has 15 heavy (non-hydrogen) atoms. The quantitative estimate of drug-likeness (QED) is 0.698. The summed E-state index contributed by atoms with van der Waals surface area (Å²) >= 11 is 0. The predicted octanol–water partition coefficient (Wildman–Crippen LogP) is 0.993. The van der Waals surface area contributed by atoms with Gasteiger partial charge < -0.3 is 10.1 Å². The topological polar surface area (TPSA) is 24.5 Å². The van der Waals surface area contributed by atoms with Crippen molar-refractivity contribution in [2.24, 2.45) is 0 Å². The van der Waals surface area contributed by atoms with Gasteiger partial charge in [-0.1, -0.05) is 6.42 Å². The van der Waals surface area contributed by atoms with Crippen molar-refractivity contribution >= 4 is 0 Å². The Labute approximate surface area is 92.2 Å².